The first-order valence-corrected chi connectivity index (χ1v) is 4.43. The number of carboxylic acid groups (broad SMARTS) is 1. The molecule has 1 heterocycles. The number of oxazole rings is 1. The average molecular weight is 258 g/mol. The molecule has 1 aromatic heterocycles. The molecule has 0 unspecified atom stereocenters. The number of carbonyl (C=O) groups is 1. The Kier molecular flexibility index (Phi) is 1.92. The van der Waals surface area contributed by atoms with Crippen molar-refractivity contribution in [1.82, 2.24) is 4.98 Å². The Morgan fingerprint density at radius 1 is 1.50 bits per heavy atom. The SMILES string of the molecule is O=C(O)c1cc(Br)cc2oc(=O)[nH]c12. The summed E-state index contributed by atoms with van der Waals surface area (Å²) in [6, 6.07) is 2.93. The first-order chi connectivity index (χ1) is 6.58. The molecule has 2 rings (SSSR count). The van der Waals surface area contributed by atoms with Crippen molar-refractivity contribution >= 4 is 33.0 Å². The number of aromatic carboxylic acids is 1. The number of rotatable bonds is 1. The van der Waals surface area contributed by atoms with Crippen LogP contribution < -0.4 is 5.76 Å². The van der Waals surface area contributed by atoms with Crippen molar-refractivity contribution in [2.75, 3.05) is 0 Å². The minimum absolute atomic E-state index is 0.000208. The van der Waals surface area contributed by atoms with Crippen LogP contribution in [0, 0.1) is 0 Å². The number of aromatic amines is 1. The Morgan fingerprint density at radius 3 is 2.86 bits per heavy atom. The maximum absolute atomic E-state index is 10.8. The number of fused-ring (bicyclic) bond motifs is 1. The van der Waals surface area contributed by atoms with Gasteiger partial charge in [0.05, 0.1) is 5.56 Å². The van der Waals surface area contributed by atoms with Gasteiger partial charge in [-0.15, -0.1) is 0 Å². The van der Waals surface area contributed by atoms with Gasteiger partial charge in [0, 0.05) is 4.47 Å². The normalized spacial score (nSPS) is 10.6. The van der Waals surface area contributed by atoms with E-state index in [1.54, 1.807) is 0 Å². The van der Waals surface area contributed by atoms with E-state index in [0.29, 0.717) is 4.47 Å². The third-order valence-electron chi connectivity index (χ3n) is 1.73. The molecule has 0 radical (unpaired) electrons. The number of carboxylic acids is 1. The van der Waals surface area contributed by atoms with E-state index in [1.165, 1.54) is 12.1 Å². The summed E-state index contributed by atoms with van der Waals surface area (Å²) in [5.41, 5.74) is 0.424. The highest BCUT2D eigenvalue weighted by molar-refractivity contribution is 9.10. The van der Waals surface area contributed by atoms with E-state index in [2.05, 4.69) is 20.9 Å². The molecule has 0 aliphatic rings. The summed E-state index contributed by atoms with van der Waals surface area (Å²) < 4.78 is 5.28. The average Bonchev–Trinajstić information content (AvgIpc) is 2.42. The molecule has 0 bridgehead atoms. The maximum atomic E-state index is 10.8. The zero-order chi connectivity index (χ0) is 10.3. The van der Waals surface area contributed by atoms with Gasteiger partial charge in [-0.1, -0.05) is 15.9 Å². The summed E-state index contributed by atoms with van der Waals surface area (Å²) in [4.78, 5) is 23.9. The van der Waals surface area contributed by atoms with Gasteiger partial charge in [-0.05, 0) is 12.1 Å². The second kappa shape index (κ2) is 2.98. The molecular formula is C8H4BrNO4. The standard InChI is InChI=1S/C8H4BrNO4/c9-3-1-4(7(11)12)6-5(2-3)14-8(13)10-6/h1-2H,(H,10,13)(H,11,12). The zero-order valence-corrected chi connectivity index (χ0v) is 8.29. The largest absolute Gasteiger partial charge is 0.478 e. The minimum atomic E-state index is -1.12. The van der Waals surface area contributed by atoms with Crippen molar-refractivity contribution in [3.63, 3.8) is 0 Å². The number of halogens is 1. The van der Waals surface area contributed by atoms with E-state index in [9.17, 15) is 9.59 Å². The number of benzene rings is 1. The van der Waals surface area contributed by atoms with Crippen molar-refractivity contribution in [1.29, 1.82) is 0 Å². The Labute approximate surface area is 85.5 Å². The van der Waals surface area contributed by atoms with E-state index >= 15 is 0 Å². The van der Waals surface area contributed by atoms with Gasteiger partial charge in [0.1, 0.15) is 5.52 Å². The summed E-state index contributed by atoms with van der Waals surface area (Å²) >= 11 is 3.12. The lowest BCUT2D eigenvalue weighted by Gasteiger charge is -1.96. The fraction of sp³-hybridized carbons (Fsp3) is 0. The van der Waals surface area contributed by atoms with E-state index in [1.807, 2.05) is 0 Å². The first-order valence-electron chi connectivity index (χ1n) is 3.63. The molecule has 6 heteroatoms. The summed E-state index contributed by atoms with van der Waals surface area (Å²) in [7, 11) is 0. The van der Waals surface area contributed by atoms with Gasteiger partial charge in [0.15, 0.2) is 5.58 Å². The summed E-state index contributed by atoms with van der Waals surface area (Å²) in [5.74, 6) is -1.78. The maximum Gasteiger partial charge on any atom is 0.417 e. The lowest BCUT2D eigenvalue weighted by Crippen LogP contribution is -1.99. The molecule has 0 aliphatic heterocycles. The van der Waals surface area contributed by atoms with Crippen LogP contribution >= 0.6 is 15.9 Å². The highest BCUT2D eigenvalue weighted by atomic mass is 79.9. The zero-order valence-electron chi connectivity index (χ0n) is 6.70. The molecule has 0 spiro atoms. The van der Waals surface area contributed by atoms with Crippen molar-refractivity contribution in [2.45, 2.75) is 0 Å². The lowest BCUT2D eigenvalue weighted by molar-refractivity contribution is 0.0698. The van der Waals surface area contributed by atoms with Crippen LogP contribution in [0.15, 0.2) is 25.8 Å². The predicted molar refractivity (Wildman–Crippen MR) is 51.5 cm³/mol. The molecule has 72 valence electrons. The van der Waals surface area contributed by atoms with E-state index < -0.39 is 11.7 Å². The molecule has 2 aromatic rings. The second-order valence-corrected chi connectivity index (χ2v) is 3.56. The number of nitrogens with one attached hydrogen (secondary N) is 1. The molecule has 0 saturated carbocycles. The first kappa shape index (κ1) is 9.01. The van der Waals surface area contributed by atoms with Crippen LogP contribution in [0.5, 0.6) is 0 Å². The minimum Gasteiger partial charge on any atom is -0.478 e. The van der Waals surface area contributed by atoms with E-state index in [0.717, 1.165) is 0 Å². The van der Waals surface area contributed by atoms with Crippen LogP contribution in [0.1, 0.15) is 10.4 Å². The second-order valence-electron chi connectivity index (χ2n) is 2.65. The Balaban J connectivity index is 2.92. The van der Waals surface area contributed by atoms with Crippen LogP contribution in [0.4, 0.5) is 0 Å². The monoisotopic (exact) mass is 257 g/mol. The van der Waals surface area contributed by atoms with Gasteiger partial charge in [0.2, 0.25) is 0 Å². The Morgan fingerprint density at radius 2 is 2.21 bits per heavy atom. The van der Waals surface area contributed by atoms with Gasteiger partial charge in [0.25, 0.3) is 0 Å². The molecular weight excluding hydrogens is 254 g/mol. The van der Waals surface area contributed by atoms with Crippen molar-refractivity contribution in [3.8, 4) is 0 Å². The molecule has 0 aliphatic carbocycles. The third kappa shape index (κ3) is 1.33. The van der Waals surface area contributed by atoms with Crippen LogP contribution in [0.25, 0.3) is 11.1 Å². The summed E-state index contributed by atoms with van der Waals surface area (Å²) in [5, 5.41) is 8.83. The van der Waals surface area contributed by atoms with Crippen LogP contribution in [0.3, 0.4) is 0 Å². The van der Waals surface area contributed by atoms with E-state index in [4.69, 9.17) is 9.52 Å². The molecule has 14 heavy (non-hydrogen) atoms. The Bertz CT molecular complexity index is 568. The fourth-order valence-corrected chi connectivity index (χ4v) is 1.62. The molecule has 0 saturated heterocycles. The van der Waals surface area contributed by atoms with Gasteiger partial charge < -0.3 is 9.52 Å². The van der Waals surface area contributed by atoms with Crippen LogP contribution in [-0.4, -0.2) is 16.1 Å². The van der Waals surface area contributed by atoms with E-state index in [-0.39, 0.29) is 16.7 Å². The fourth-order valence-electron chi connectivity index (χ4n) is 1.19. The molecule has 0 amide bonds. The van der Waals surface area contributed by atoms with Crippen LogP contribution in [-0.2, 0) is 0 Å². The number of aromatic nitrogens is 1. The lowest BCUT2D eigenvalue weighted by atomic mass is 10.2. The molecule has 0 fully saturated rings. The summed E-state index contributed by atoms with van der Waals surface area (Å²) in [6.45, 7) is 0. The third-order valence-corrected chi connectivity index (χ3v) is 2.18. The Hall–Kier alpha value is -1.56. The van der Waals surface area contributed by atoms with Crippen molar-refractivity contribution in [2.24, 2.45) is 0 Å². The summed E-state index contributed by atoms with van der Waals surface area (Å²) in [6.07, 6.45) is 0. The highest BCUT2D eigenvalue weighted by Gasteiger charge is 2.13. The predicted octanol–water partition coefficient (Wildman–Crippen LogP) is 1.58. The quantitative estimate of drug-likeness (QED) is 0.813. The molecule has 5 nitrogen and oxygen atoms in total. The molecule has 2 N–H and O–H groups in total. The number of H-pyrrole nitrogens is 1. The van der Waals surface area contributed by atoms with Crippen molar-refractivity contribution < 1.29 is 14.3 Å². The molecule has 1 aromatic carbocycles. The van der Waals surface area contributed by atoms with Gasteiger partial charge >= 0.3 is 11.7 Å². The van der Waals surface area contributed by atoms with Gasteiger partial charge in [-0.3, -0.25) is 4.98 Å². The smallest absolute Gasteiger partial charge is 0.417 e. The van der Waals surface area contributed by atoms with Crippen LogP contribution in [0.2, 0.25) is 0 Å². The van der Waals surface area contributed by atoms with Crippen molar-refractivity contribution in [3.05, 3.63) is 32.7 Å². The molecule has 0 atom stereocenters. The van der Waals surface area contributed by atoms with Gasteiger partial charge in [-0.25, -0.2) is 9.59 Å². The van der Waals surface area contributed by atoms with Gasteiger partial charge in [-0.2, -0.15) is 0 Å². The number of hydrogen-bond acceptors (Lipinski definition) is 3. The highest BCUT2D eigenvalue weighted by Crippen LogP contribution is 2.21. The topological polar surface area (TPSA) is 83.3 Å². The number of hydrogen-bond donors (Lipinski definition) is 2.